The van der Waals surface area contributed by atoms with Crippen LogP contribution in [-0.2, 0) is 0 Å². The van der Waals surface area contributed by atoms with Crippen molar-refractivity contribution in [1.82, 2.24) is 0 Å². The summed E-state index contributed by atoms with van der Waals surface area (Å²) in [5, 5.41) is 0. The van der Waals surface area contributed by atoms with E-state index in [9.17, 15) is 4.79 Å². The topological polar surface area (TPSA) is 17.1 Å². The first-order valence-corrected chi connectivity index (χ1v) is 10.0. The Hall–Kier alpha value is 0.330. The molecule has 0 radical (unpaired) electrons. The monoisotopic (exact) mass is 422 g/mol. The average molecular weight is 424 g/mol. The number of ketones is 1. The number of carbonyl (C=O) groups excluding carboxylic acids is 1. The van der Waals surface area contributed by atoms with Gasteiger partial charge < -0.3 is 0 Å². The van der Waals surface area contributed by atoms with Crippen LogP contribution in [-0.4, -0.2) is 5.78 Å². The minimum atomic E-state index is 0.282. The SMILES string of the molecule is CCCCCCCCCCCC(=O)c1cc(Br)c(Br)s1. The van der Waals surface area contributed by atoms with Crippen molar-refractivity contribution >= 4 is 49.0 Å². The highest BCUT2D eigenvalue weighted by atomic mass is 79.9. The fourth-order valence-electron chi connectivity index (χ4n) is 2.20. The molecule has 0 amide bonds. The molecule has 0 spiro atoms. The molecule has 1 heterocycles. The molecule has 0 aliphatic rings. The Kier molecular flexibility index (Phi) is 10.1. The van der Waals surface area contributed by atoms with Gasteiger partial charge in [0.2, 0.25) is 0 Å². The standard InChI is InChI=1S/C16H24Br2OS/c1-2-3-4-5-6-7-8-9-10-11-14(19)15-12-13(17)16(18)20-15/h12H,2-11H2,1H3. The Morgan fingerprint density at radius 2 is 1.55 bits per heavy atom. The number of halogens is 2. The van der Waals surface area contributed by atoms with E-state index in [1.165, 1.54) is 62.7 Å². The van der Waals surface area contributed by atoms with Crippen LogP contribution in [0.25, 0.3) is 0 Å². The summed E-state index contributed by atoms with van der Waals surface area (Å²) in [6.45, 7) is 2.25. The molecule has 1 aromatic rings. The maximum atomic E-state index is 12.0. The third-order valence-electron chi connectivity index (χ3n) is 3.43. The van der Waals surface area contributed by atoms with Crippen molar-refractivity contribution in [2.75, 3.05) is 0 Å². The minimum Gasteiger partial charge on any atom is -0.293 e. The maximum Gasteiger partial charge on any atom is 0.172 e. The van der Waals surface area contributed by atoms with E-state index in [0.717, 1.165) is 19.6 Å². The molecule has 0 bridgehead atoms. The van der Waals surface area contributed by atoms with Gasteiger partial charge in [-0.15, -0.1) is 11.3 Å². The summed E-state index contributed by atoms with van der Waals surface area (Å²) >= 11 is 8.38. The summed E-state index contributed by atoms with van der Waals surface area (Å²) in [4.78, 5) is 12.9. The van der Waals surface area contributed by atoms with Crippen LogP contribution >= 0.6 is 43.2 Å². The van der Waals surface area contributed by atoms with Gasteiger partial charge in [0.15, 0.2) is 5.78 Å². The number of carbonyl (C=O) groups is 1. The van der Waals surface area contributed by atoms with E-state index >= 15 is 0 Å². The maximum absolute atomic E-state index is 12.0. The first-order chi connectivity index (χ1) is 9.65. The first-order valence-electron chi connectivity index (χ1n) is 7.63. The molecule has 0 saturated carbocycles. The quantitative estimate of drug-likeness (QED) is 0.268. The predicted octanol–water partition coefficient (Wildman–Crippen LogP) is 7.38. The van der Waals surface area contributed by atoms with Crippen LogP contribution in [0.15, 0.2) is 14.3 Å². The molecule has 0 unspecified atom stereocenters. The summed E-state index contributed by atoms with van der Waals surface area (Å²) in [6.07, 6.45) is 12.3. The van der Waals surface area contributed by atoms with Crippen LogP contribution in [0.5, 0.6) is 0 Å². The lowest BCUT2D eigenvalue weighted by atomic mass is 10.1. The molecule has 20 heavy (non-hydrogen) atoms. The molecule has 0 atom stereocenters. The van der Waals surface area contributed by atoms with Crippen LogP contribution in [0.4, 0.5) is 0 Å². The molecule has 0 aliphatic heterocycles. The number of unbranched alkanes of at least 4 members (excludes halogenated alkanes) is 8. The molecule has 1 aromatic heterocycles. The van der Waals surface area contributed by atoms with E-state index in [-0.39, 0.29) is 5.78 Å². The zero-order valence-corrected chi connectivity index (χ0v) is 16.2. The molecule has 1 nitrogen and oxygen atoms in total. The van der Waals surface area contributed by atoms with Gasteiger partial charge in [-0.2, -0.15) is 0 Å². The highest BCUT2D eigenvalue weighted by Gasteiger charge is 2.11. The second kappa shape index (κ2) is 11.0. The van der Waals surface area contributed by atoms with E-state index in [0.29, 0.717) is 6.42 Å². The van der Waals surface area contributed by atoms with Crippen molar-refractivity contribution in [3.63, 3.8) is 0 Å². The van der Waals surface area contributed by atoms with Gasteiger partial charge in [-0.25, -0.2) is 0 Å². The Morgan fingerprint density at radius 3 is 2.05 bits per heavy atom. The number of hydrogen-bond donors (Lipinski definition) is 0. The van der Waals surface area contributed by atoms with Gasteiger partial charge in [-0.1, -0.05) is 58.3 Å². The number of hydrogen-bond acceptors (Lipinski definition) is 2. The lowest BCUT2D eigenvalue weighted by molar-refractivity contribution is 0.0983. The van der Waals surface area contributed by atoms with Crippen molar-refractivity contribution in [2.45, 2.75) is 71.1 Å². The van der Waals surface area contributed by atoms with Gasteiger partial charge in [0.1, 0.15) is 0 Å². The summed E-state index contributed by atoms with van der Waals surface area (Å²) < 4.78 is 1.99. The summed E-state index contributed by atoms with van der Waals surface area (Å²) in [5.74, 6) is 0.282. The van der Waals surface area contributed by atoms with Crippen LogP contribution < -0.4 is 0 Å². The van der Waals surface area contributed by atoms with Gasteiger partial charge in [0.25, 0.3) is 0 Å². The van der Waals surface area contributed by atoms with Crippen LogP contribution in [0.2, 0.25) is 0 Å². The van der Waals surface area contributed by atoms with Crippen LogP contribution in [0.1, 0.15) is 80.8 Å². The van der Waals surface area contributed by atoms with E-state index in [1.54, 1.807) is 0 Å². The summed E-state index contributed by atoms with van der Waals surface area (Å²) in [5.41, 5.74) is 0. The van der Waals surface area contributed by atoms with Crippen molar-refractivity contribution in [3.8, 4) is 0 Å². The molecule has 0 saturated heterocycles. The van der Waals surface area contributed by atoms with Gasteiger partial charge in [-0.3, -0.25) is 4.79 Å². The Morgan fingerprint density at radius 1 is 1.00 bits per heavy atom. The third kappa shape index (κ3) is 7.37. The molecule has 0 fully saturated rings. The number of thiophene rings is 1. The number of Topliss-reactive ketones (excluding diaryl/α,β-unsaturated/α-hetero) is 1. The fraction of sp³-hybridized carbons (Fsp3) is 0.688. The summed E-state index contributed by atoms with van der Waals surface area (Å²) in [6, 6.07) is 1.92. The largest absolute Gasteiger partial charge is 0.293 e. The average Bonchev–Trinajstić information content (AvgIpc) is 2.77. The van der Waals surface area contributed by atoms with Crippen molar-refractivity contribution in [1.29, 1.82) is 0 Å². The highest BCUT2D eigenvalue weighted by Crippen LogP contribution is 2.33. The molecule has 0 N–H and O–H groups in total. The van der Waals surface area contributed by atoms with Gasteiger partial charge >= 0.3 is 0 Å². The predicted molar refractivity (Wildman–Crippen MR) is 95.9 cm³/mol. The molecule has 4 heteroatoms. The van der Waals surface area contributed by atoms with Crippen LogP contribution in [0, 0.1) is 0 Å². The number of rotatable bonds is 11. The van der Waals surface area contributed by atoms with Crippen molar-refractivity contribution in [3.05, 3.63) is 19.2 Å². The lowest BCUT2D eigenvalue weighted by Gasteiger charge is -2.01. The molecule has 0 aliphatic carbocycles. The second-order valence-electron chi connectivity index (χ2n) is 5.23. The summed E-state index contributed by atoms with van der Waals surface area (Å²) in [7, 11) is 0. The smallest absolute Gasteiger partial charge is 0.172 e. The van der Waals surface area contributed by atoms with Crippen molar-refractivity contribution < 1.29 is 4.79 Å². The molecule has 114 valence electrons. The molecule has 0 aromatic carbocycles. The Labute approximate surface area is 143 Å². The van der Waals surface area contributed by atoms with Crippen LogP contribution in [0.3, 0.4) is 0 Å². The lowest BCUT2D eigenvalue weighted by Crippen LogP contribution is -1.95. The third-order valence-corrected chi connectivity index (χ3v) is 6.72. The zero-order chi connectivity index (χ0) is 14.8. The Bertz CT molecular complexity index is 382. The fourth-order valence-corrected chi connectivity index (χ4v) is 4.21. The molecular weight excluding hydrogens is 400 g/mol. The van der Waals surface area contributed by atoms with E-state index < -0.39 is 0 Å². The van der Waals surface area contributed by atoms with Crippen molar-refractivity contribution in [2.24, 2.45) is 0 Å². The Balaban J connectivity index is 2.02. The van der Waals surface area contributed by atoms with Gasteiger partial charge in [0.05, 0.1) is 8.66 Å². The van der Waals surface area contributed by atoms with Gasteiger partial charge in [-0.05, 0) is 44.3 Å². The molecular formula is C16H24Br2OS. The van der Waals surface area contributed by atoms with Gasteiger partial charge in [0, 0.05) is 10.9 Å². The minimum absolute atomic E-state index is 0.282. The normalized spacial score (nSPS) is 10.9. The van der Waals surface area contributed by atoms with E-state index in [2.05, 4.69) is 38.8 Å². The zero-order valence-electron chi connectivity index (χ0n) is 12.2. The van der Waals surface area contributed by atoms with E-state index in [1.807, 2.05) is 6.07 Å². The van der Waals surface area contributed by atoms with E-state index in [4.69, 9.17) is 0 Å². The first kappa shape index (κ1) is 18.4. The molecule has 1 rings (SSSR count). The second-order valence-corrected chi connectivity index (χ2v) is 8.46. The highest BCUT2D eigenvalue weighted by molar-refractivity contribution is 9.13.